The van der Waals surface area contributed by atoms with E-state index in [1.165, 1.54) is 29.2 Å². The molecule has 1 heterocycles. The van der Waals surface area contributed by atoms with Crippen LogP contribution in [-0.4, -0.2) is 39.8 Å². The molecule has 2 amide bonds. The molecule has 3 rings (SSSR count). The fraction of sp³-hybridized carbons (Fsp3) is 0.176. The highest BCUT2D eigenvalue weighted by molar-refractivity contribution is 7.90. The van der Waals surface area contributed by atoms with Crippen molar-refractivity contribution >= 4 is 33.2 Å². The molecule has 1 N–H and O–H groups in total. The second-order valence-electron chi connectivity index (χ2n) is 5.57. The summed E-state index contributed by atoms with van der Waals surface area (Å²) < 4.78 is 27.8. The molecule has 0 atom stereocenters. The Labute approximate surface area is 145 Å². The zero-order valence-electron chi connectivity index (χ0n) is 13.4. The van der Waals surface area contributed by atoms with Crippen LogP contribution in [0.2, 0.25) is 0 Å². The van der Waals surface area contributed by atoms with Gasteiger partial charge in [0.25, 0.3) is 5.91 Å². The second-order valence-corrected chi connectivity index (χ2v) is 7.58. The first-order chi connectivity index (χ1) is 11.8. The van der Waals surface area contributed by atoms with E-state index in [9.17, 15) is 18.0 Å². The summed E-state index contributed by atoms with van der Waals surface area (Å²) in [5.74, 6) is -0.374. The predicted octanol–water partition coefficient (Wildman–Crippen LogP) is 2.30. The lowest BCUT2D eigenvalue weighted by molar-refractivity contribution is 0.102. The van der Waals surface area contributed by atoms with Gasteiger partial charge in [0.15, 0.2) is 9.84 Å². The molecule has 2 aromatic carbocycles. The van der Waals surface area contributed by atoms with Gasteiger partial charge in [0.2, 0.25) is 0 Å². The SMILES string of the molecule is CS(=O)(=O)c1ccc(C(=O)Nc2cccc(N3CCOC3=O)c2)cc1. The maximum Gasteiger partial charge on any atom is 0.414 e. The van der Waals surface area contributed by atoms with Crippen molar-refractivity contribution in [1.82, 2.24) is 0 Å². The summed E-state index contributed by atoms with van der Waals surface area (Å²) >= 11 is 0. The van der Waals surface area contributed by atoms with Gasteiger partial charge in [-0.15, -0.1) is 0 Å². The number of ether oxygens (including phenoxy) is 1. The van der Waals surface area contributed by atoms with Crippen molar-refractivity contribution in [2.24, 2.45) is 0 Å². The van der Waals surface area contributed by atoms with Gasteiger partial charge in [-0.3, -0.25) is 9.69 Å². The van der Waals surface area contributed by atoms with Gasteiger partial charge in [0, 0.05) is 23.2 Å². The minimum absolute atomic E-state index is 0.151. The van der Waals surface area contributed by atoms with Crippen molar-refractivity contribution in [3.63, 3.8) is 0 Å². The Bertz CT molecular complexity index is 922. The van der Waals surface area contributed by atoms with Gasteiger partial charge in [-0.05, 0) is 42.5 Å². The van der Waals surface area contributed by atoms with Crippen LogP contribution in [0, 0.1) is 0 Å². The van der Waals surface area contributed by atoms with Crippen molar-refractivity contribution in [1.29, 1.82) is 0 Å². The van der Waals surface area contributed by atoms with Gasteiger partial charge < -0.3 is 10.1 Å². The quantitative estimate of drug-likeness (QED) is 0.903. The molecule has 0 radical (unpaired) electrons. The summed E-state index contributed by atoms with van der Waals surface area (Å²) in [6, 6.07) is 12.5. The standard InChI is InChI=1S/C17H16N2O5S/c1-25(22,23)15-7-5-12(6-8-15)16(20)18-13-3-2-4-14(11-13)19-9-10-24-17(19)21/h2-8,11H,9-10H2,1H3,(H,18,20). The zero-order chi connectivity index (χ0) is 18.0. The number of nitrogens with one attached hydrogen (secondary N) is 1. The van der Waals surface area contributed by atoms with Gasteiger partial charge in [-0.1, -0.05) is 6.07 Å². The molecule has 1 saturated heterocycles. The smallest absolute Gasteiger partial charge is 0.414 e. The highest BCUT2D eigenvalue weighted by atomic mass is 32.2. The number of hydrogen-bond acceptors (Lipinski definition) is 5. The average molecular weight is 360 g/mol. The third-order valence-electron chi connectivity index (χ3n) is 3.72. The second kappa shape index (κ2) is 6.56. The van der Waals surface area contributed by atoms with Crippen molar-refractivity contribution in [2.75, 3.05) is 29.6 Å². The Morgan fingerprint density at radius 2 is 1.88 bits per heavy atom. The normalized spacial score (nSPS) is 14.3. The Balaban J connectivity index is 1.76. The fourth-order valence-corrected chi connectivity index (χ4v) is 3.07. The molecule has 7 nitrogen and oxygen atoms in total. The van der Waals surface area contributed by atoms with Crippen LogP contribution < -0.4 is 10.2 Å². The van der Waals surface area contributed by atoms with Gasteiger partial charge in [-0.2, -0.15) is 0 Å². The average Bonchev–Trinajstić information content (AvgIpc) is 3.00. The summed E-state index contributed by atoms with van der Waals surface area (Å²) in [6.45, 7) is 0.797. The summed E-state index contributed by atoms with van der Waals surface area (Å²) in [5, 5.41) is 2.73. The molecule has 1 aliphatic rings. The van der Waals surface area contributed by atoms with Crippen LogP contribution in [-0.2, 0) is 14.6 Å². The summed E-state index contributed by atoms with van der Waals surface area (Å²) in [7, 11) is -3.31. The van der Waals surface area contributed by atoms with E-state index in [2.05, 4.69) is 5.32 Å². The summed E-state index contributed by atoms with van der Waals surface area (Å²) in [6.07, 6.45) is 0.691. The summed E-state index contributed by atoms with van der Waals surface area (Å²) in [5.41, 5.74) is 1.49. The van der Waals surface area contributed by atoms with Crippen molar-refractivity contribution in [3.05, 3.63) is 54.1 Å². The number of hydrogen-bond donors (Lipinski definition) is 1. The Morgan fingerprint density at radius 1 is 1.16 bits per heavy atom. The first kappa shape index (κ1) is 17.0. The first-order valence-electron chi connectivity index (χ1n) is 7.50. The molecule has 130 valence electrons. The molecular weight excluding hydrogens is 344 g/mol. The highest BCUT2D eigenvalue weighted by Crippen LogP contribution is 2.23. The van der Waals surface area contributed by atoms with Gasteiger partial charge in [0.1, 0.15) is 6.61 Å². The molecule has 8 heteroatoms. The molecule has 0 saturated carbocycles. The minimum Gasteiger partial charge on any atom is -0.447 e. The molecule has 0 aliphatic carbocycles. The van der Waals surface area contributed by atoms with Crippen LogP contribution in [0.4, 0.5) is 16.2 Å². The van der Waals surface area contributed by atoms with E-state index in [1.54, 1.807) is 24.3 Å². The van der Waals surface area contributed by atoms with E-state index in [0.717, 1.165) is 6.26 Å². The Kier molecular flexibility index (Phi) is 4.45. The topological polar surface area (TPSA) is 92.8 Å². The lowest BCUT2D eigenvalue weighted by atomic mass is 10.2. The number of anilines is 2. The van der Waals surface area contributed by atoms with Crippen molar-refractivity contribution in [2.45, 2.75) is 4.90 Å². The number of sulfone groups is 1. The van der Waals surface area contributed by atoms with Crippen LogP contribution >= 0.6 is 0 Å². The Morgan fingerprint density at radius 3 is 2.48 bits per heavy atom. The lowest BCUT2D eigenvalue weighted by Gasteiger charge is -2.14. The largest absolute Gasteiger partial charge is 0.447 e. The maximum absolute atomic E-state index is 12.3. The molecule has 0 spiro atoms. The number of rotatable bonds is 4. The third-order valence-corrected chi connectivity index (χ3v) is 4.85. The summed E-state index contributed by atoms with van der Waals surface area (Å²) in [4.78, 5) is 25.6. The van der Waals surface area contributed by atoms with Crippen LogP contribution in [0.25, 0.3) is 0 Å². The molecule has 0 bridgehead atoms. The molecule has 1 aliphatic heterocycles. The van der Waals surface area contributed by atoms with Crippen molar-refractivity contribution < 1.29 is 22.7 Å². The Hall–Kier alpha value is -2.87. The third kappa shape index (κ3) is 3.80. The number of cyclic esters (lactones) is 1. The van der Waals surface area contributed by atoms with E-state index >= 15 is 0 Å². The van der Waals surface area contributed by atoms with Crippen LogP contribution in [0.5, 0.6) is 0 Å². The van der Waals surface area contributed by atoms with Gasteiger partial charge >= 0.3 is 6.09 Å². The van der Waals surface area contributed by atoms with E-state index in [-0.39, 0.29) is 10.8 Å². The van der Waals surface area contributed by atoms with E-state index in [0.29, 0.717) is 30.1 Å². The molecule has 1 fully saturated rings. The predicted molar refractivity (Wildman–Crippen MR) is 92.6 cm³/mol. The molecule has 25 heavy (non-hydrogen) atoms. The van der Waals surface area contributed by atoms with Crippen molar-refractivity contribution in [3.8, 4) is 0 Å². The molecule has 2 aromatic rings. The number of amides is 2. The maximum atomic E-state index is 12.3. The molecule has 0 aromatic heterocycles. The van der Waals surface area contributed by atoms with E-state index < -0.39 is 15.9 Å². The lowest BCUT2D eigenvalue weighted by Crippen LogP contribution is -2.23. The number of benzene rings is 2. The first-order valence-corrected chi connectivity index (χ1v) is 9.39. The van der Waals surface area contributed by atoms with Gasteiger partial charge in [0.05, 0.1) is 11.4 Å². The molecule has 0 unspecified atom stereocenters. The van der Waals surface area contributed by atoms with Crippen LogP contribution in [0.15, 0.2) is 53.4 Å². The van der Waals surface area contributed by atoms with Gasteiger partial charge in [-0.25, -0.2) is 13.2 Å². The number of carbonyl (C=O) groups is 2. The minimum atomic E-state index is -3.31. The fourth-order valence-electron chi connectivity index (χ4n) is 2.44. The number of nitrogens with zero attached hydrogens (tertiary/aromatic N) is 1. The molecular formula is C17H16N2O5S. The van der Waals surface area contributed by atoms with E-state index in [1.807, 2.05) is 0 Å². The van der Waals surface area contributed by atoms with Crippen LogP contribution in [0.3, 0.4) is 0 Å². The van der Waals surface area contributed by atoms with E-state index in [4.69, 9.17) is 4.74 Å². The monoisotopic (exact) mass is 360 g/mol. The zero-order valence-corrected chi connectivity index (χ0v) is 14.2. The van der Waals surface area contributed by atoms with Crippen LogP contribution in [0.1, 0.15) is 10.4 Å². The number of carbonyl (C=O) groups excluding carboxylic acids is 2. The highest BCUT2D eigenvalue weighted by Gasteiger charge is 2.23.